The monoisotopic (exact) mass is 378 g/mol. The molecular weight excluding hydrogens is 348 g/mol. The zero-order valence-electron chi connectivity index (χ0n) is 16.5. The topological polar surface area (TPSA) is 72.9 Å². The van der Waals surface area contributed by atoms with Crippen molar-refractivity contribution in [2.45, 2.75) is 81.8 Å². The van der Waals surface area contributed by atoms with E-state index in [1.165, 1.54) is 12.8 Å². The summed E-state index contributed by atoms with van der Waals surface area (Å²) in [4.78, 5) is 6.79. The van der Waals surface area contributed by atoms with Gasteiger partial charge in [-0.05, 0) is 46.7 Å². The lowest BCUT2D eigenvalue weighted by Gasteiger charge is -2.23. The molecule has 1 saturated carbocycles. The lowest BCUT2D eigenvalue weighted by atomic mass is 10.2. The molecule has 8 heteroatoms. The van der Waals surface area contributed by atoms with Gasteiger partial charge in [-0.3, -0.25) is 4.90 Å². The molecule has 2 unspecified atom stereocenters. The van der Waals surface area contributed by atoms with Gasteiger partial charge in [-0.25, -0.2) is 0 Å². The summed E-state index contributed by atoms with van der Waals surface area (Å²) in [6.07, 6.45) is 5.62. The van der Waals surface area contributed by atoms with Crippen molar-refractivity contribution in [3.05, 3.63) is 17.5 Å². The Morgan fingerprint density at radius 2 is 2.04 bits per heavy atom. The molecule has 7 nitrogen and oxygen atoms in total. The average molecular weight is 379 g/mol. The van der Waals surface area contributed by atoms with Crippen molar-refractivity contribution in [1.29, 1.82) is 0 Å². The Labute approximate surface area is 159 Å². The van der Waals surface area contributed by atoms with Crippen molar-refractivity contribution >= 4 is 11.8 Å². The molecule has 2 atom stereocenters. The Morgan fingerprint density at radius 3 is 2.65 bits per heavy atom. The number of unbranched alkanes of at least 4 members (excludes halogenated alkanes) is 1. The molecule has 3 rings (SSSR count). The third-order valence-corrected chi connectivity index (χ3v) is 5.89. The van der Waals surface area contributed by atoms with Gasteiger partial charge >= 0.3 is 0 Å². The predicted octanol–water partition coefficient (Wildman–Crippen LogP) is 4.20. The molecule has 0 N–H and O–H groups in total. The standard InChI is InChI=1S/C18H30N6OS/c1-6-8-11-24-16(14(7-2)23(4)5)20-21-18(24)26-12(3)17-19-15(22-25-17)13-9-10-13/h12-14H,6-11H2,1-5H3. The van der Waals surface area contributed by atoms with E-state index in [1.807, 2.05) is 0 Å². The molecule has 0 bridgehead atoms. The minimum atomic E-state index is 0.0619. The van der Waals surface area contributed by atoms with Crippen LogP contribution in [0.2, 0.25) is 0 Å². The molecular formula is C18H30N6OS. The van der Waals surface area contributed by atoms with Gasteiger partial charge < -0.3 is 9.09 Å². The van der Waals surface area contributed by atoms with Crippen LogP contribution in [0.15, 0.2) is 9.68 Å². The average Bonchev–Trinajstić information content (AvgIpc) is 3.22. The molecule has 1 aliphatic carbocycles. The number of hydrogen-bond acceptors (Lipinski definition) is 7. The Morgan fingerprint density at radius 1 is 1.27 bits per heavy atom. The highest BCUT2D eigenvalue weighted by Crippen LogP contribution is 2.40. The molecule has 0 aromatic carbocycles. The van der Waals surface area contributed by atoms with Crippen LogP contribution in [0.5, 0.6) is 0 Å². The molecule has 0 saturated heterocycles. The largest absolute Gasteiger partial charge is 0.338 e. The molecule has 26 heavy (non-hydrogen) atoms. The highest BCUT2D eigenvalue weighted by molar-refractivity contribution is 7.99. The molecule has 0 amide bonds. The first-order valence-electron chi connectivity index (χ1n) is 9.64. The fourth-order valence-corrected chi connectivity index (χ4v) is 3.98. The lowest BCUT2D eigenvalue weighted by Crippen LogP contribution is -2.23. The van der Waals surface area contributed by atoms with Crippen LogP contribution in [-0.2, 0) is 6.54 Å². The quantitative estimate of drug-likeness (QED) is 0.573. The zero-order chi connectivity index (χ0) is 18.7. The Bertz CT molecular complexity index is 708. The van der Waals surface area contributed by atoms with Gasteiger partial charge in [0.25, 0.3) is 0 Å². The third kappa shape index (κ3) is 4.28. The van der Waals surface area contributed by atoms with E-state index in [9.17, 15) is 0 Å². The van der Waals surface area contributed by atoms with Crippen molar-refractivity contribution in [1.82, 2.24) is 29.8 Å². The van der Waals surface area contributed by atoms with Crippen LogP contribution in [0.3, 0.4) is 0 Å². The maximum Gasteiger partial charge on any atom is 0.239 e. The van der Waals surface area contributed by atoms with Crippen molar-refractivity contribution < 1.29 is 4.52 Å². The highest BCUT2D eigenvalue weighted by atomic mass is 32.2. The summed E-state index contributed by atoms with van der Waals surface area (Å²) in [5.74, 6) is 3.10. The van der Waals surface area contributed by atoms with Gasteiger partial charge in [-0.15, -0.1) is 10.2 Å². The number of rotatable bonds is 10. The first kappa shape index (κ1) is 19.4. The summed E-state index contributed by atoms with van der Waals surface area (Å²) in [5.41, 5.74) is 0. The SMILES string of the molecule is CCCCn1c(SC(C)c2nc(C3CC3)no2)nnc1C(CC)N(C)C. The van der Waals surface area contributed by atoms with E-state index >= 15 is 0 Å². The van der Waals surface area contributed by atoms with Gasteiger partial charge in [-0.2, -0.15) is 4.98 Å². The van der Waals surface area contributed by atoms with E-state index in [0.29, 0.717) is 11.8 Å². The molecule has 2 heterocycles. The van der Waals surface area contributed by atoms with Crippen molar-refractivity contribution in [3.63, 3.8) is 0 Å². The minimum absolute atomic E-state index is 0.0619. The Hall–Kier alpha value is -1.41. The summed E-state index contributed by atoms with van der Waals surface area (Å²) in [7, 11) is 4.20. The predicted molar refractivity (Wildman–Crippen MR) is 102 cm³/mol. The highest BCUT2D eigenvalue weighted by Gasteiger charge is 2.30. The summed E-state index contributed by atoms with van der Waals surface area (Å²) in [5, 5.41) is 14.2. The van der Waals surface area contributed by atoms with Gasteiger partial charge in [0.05, 0.1) is 11.3 Å². The molecule has 2 aromatic rings. The second-order valence-corrected chi connectivity index (χ2v) is 8.57. The van der Waals surface area contributed by atoms with E-state index in [-0.39, 0.29) is 11.3 Å². The second kappa shape index (κ2) is 8.52. The number of aromatic nitrogens is 5. The lowest BCUT2D eigenvalue weighted by molar-refractivity contribution is 0.270. The minimum Gasteiger partial charge on any atom is -0.338 e. The van der Waals surface area contributed by atoms with Gasteiger partial charge in [-0.1, -0.05) is 37.2 Å². The van der Waals surface area contributed by atoms with Gasteiger partial charge in [0.1, 0.15) is 0 Å². The molecule has 1 fully saturated rings. The van der Waals surface area contributed by atoms with E-state index in [4.69, 9.17) is 4.52 Å². The van der Waals surface area contributed by atoms with E-state index in [1.54, 1.807) is 11.8 Å². The summed E-state index contributed by atoms with van der Waals surface area (Å²) < 4.78 is 7.76. The number of thioether (sulfide) groups is 1. The molecule has 0 aliphatic heterocycles. The summed E-state index contributed by atoms with van der Waals surface area (Å²) >= 11 is 1.65. The van der Waals surface area contributed by atoms with Crippen LogP contribution in [0.1, 0.15) is 87.6 Å². The first-order valence-corrected chi connectivity index (χ1v) is 10.5. The van der Waals surface area contributed by atoms with Crippen LogP contribution in [0.4, 0.5) is 0 Å². The third-order valence-electron chi connectivity index (χ3n) is 4.82. The molecule has 1 aliphatic rings. The van der Waals surface area contributed by atoms with E-state index < -0.39 is 0 Å². The van der Waals surface area contributed by atoms with Gasteiger partial charge in [0.2, 0.25) is 5.89 Å². The second-order valence-electron chi connectivity index (χ2n) is 7.26. The summed E-state index contributed by atoms with van der Waals surface area (Å²) in [6, 6.07) is 0.272. The van der Waals surface area contributed by atoms with Gasteiger partial charge in [0, 0.05) is 12.5 Å². The van der Waals surface area contributed by atoms with Crippen molar-refractivity contribution in [3.8, 4) is 0 Å². The first-order chi connectivity index (χ1) is 12.5. The molecule has 2 aromatic heterocycles. The molecule has 0 radical (unpaired) electrons. The number of hydrogen-bond donors (Lipinski definition) is 0. The fraction of sp³-hybridized carbons (Fsp3) is 0.778. The van der Waals surface area contributed by atoms with Gasteiger partial charge in [0.15, 0.2) is 16.8 Å². The van der Waals surface area contributed by atoms with E-state index in [0.717, 1.165) is 42.6 Å². The van der Waals surface area contributed by atoms with Crippen molar-refractivity contribution in [2.24, 2.45) is 0 Å². The van der Waals surface area contributed by atoms with Crippen LogP contribution in [0.25, 0.3) is 0 Å². The van der Waals surface area contributed by atoms with Crippen LogP contribution in [-0.4, -0.2) is 43.9 Å². The maximum absolute atomic E-state index is 5.49. The fourth-order valence-electron chi connectivity index (χ4n) is 3.07. The zero-order valence-corrected chi connectivity index (χ0v) is 17.3. The normalized spacial score (nSPS) is 17.0. The van der Waals surface area contributed by atoms with Crippen molar-refractivity contribution in [2.75, 3.05) is 14.1 Å². The Balaban J connectivity index is 1.79. The molecule has 0 spiro atoms. The molecule has 144 valence electrons. The Kier molecular flexibility index (Phi) is 6.34. The smallest absolute Gasteiger partial charge is 0.239 e. The van der Waals surface area contributed by atoms with Crippen LogP contribution in [0, 0.1) is 0 Å². The van der Waals surface area contributed by atoms with Crippen LogP contribution < -0.4 is 0 Å². The van der Waals surface area contributed by atoms with Crippen LogP contribution >= 0.6 is 11.8 Å². The van der Waals surface area contributed by atoms with E-state index in [2.05, 4.69) is 64.7 Å². The maximum atomic E-state index is 5.49. The summed E-state index contributed by atoms with van der Waals surface area (Å²) in [6.45, 7) is 7.43. The number of nitrogens with zero attached hydrogens (tertiary/aromatic N) is 6.